The van der Waals surface area contributed by atoms with Crippen molar-refractivity contribution >= 4 is 5.91 Å². The van der Waals surface area contributed by atoms with Gasteiger partial charge in [0, 0.05) is 39.2 Å². The molecule has 1 unspecified atom stereocenters. The molecule has 0 saturated carbocycles. The summed E-state index contributed by atoms with van der Waals surface area (Å²) in [6, 6.07) is 10.2. The van der Waals surface area contributed by atoms with Crippen molar-refractivity contribution in [2.24, 2.45) is 0 Å². The molecule has 1 aliphatic rings. The Morgan fingerprint density at radius 1 is 1.27 bits per heavy atom. The van der Waals surface area contributed by atoms with E-state index in [0.29, 0.717) is 25.9 Å². The number of hydrogen-bond acceptors (Lipinski definition) is 7. The summed E-state index contributed by atoms with van der Waals surface area (Å²) in [4.78, 5) is 16.6. The van der Waals surface area contributed by atoms with Gasteiger partial charge in [0.1, 0.15) is 12.0 Å². The molecule has 3 aromatic rings. The van der Waals surface area contributed by atoms with E-state index in [2.05, 4.69) is 49.8 Å². The van der Waals surface area contributed by atoms with E-state index in [1.165, 1.54) is 17.4 Å². The van der Waals surface area contributed by atoms with Crippen LogP contribution < -0.4 is 0 Å². The zero-order valence-corrected chi connectivity index (χ0v) is 17.4. The van der Waals surface area contributed by atoms with Crippen molar-refractivity contribution in [1.82, 2.24) is 35.2 Å². The minimum absolute atomic E-state index is 0.0627. The van der Waals surface area contributed by atoms with Gasteiger partial charge in [-0.25, -0.2) is 4.68 Å². The molecule has 158 valence electrons. The first-order valence-electron chi connectivity index (χ1n) is 10.3. The summed E-state index contributed by atoms with van der Waals surface area (Å²) in [7, 11) is 1.79. The summed E-state index contributed by atoms with van der Waals surface area (Å²) in [5.41, 5.74) is 3.55. The molecule has 2 aromatic heterocycles. The van der Waals surface area contributed by atoms with E-state index < -0.39 is 0 Å². The van der Waals surface area contributed by atoms with Crippen LogP contribution in [0.5, 0.6) is 0 Å². The van der Waals surface area contributed by atoms with E-state index in [1.807, 2.05) is 11.6 Å². The largest absolute Gasteiger partial charge is 0.364 e. The molecule has 9 heteroatoms. The maximum absolute atomic E-state index is 12.5. The number of fused-ring (bicyclic) bond motifs is 1. The van der Waals surface area contributed by atoms with E-state index in [1.54, 1.807) is 18.0 Å². The molecule has 0 spiro atoms. The van der Waals surface area contributed by atoms with Crippen LogP contribution in [-0.4, -0.2) is 54.7 Å². The average Bonchev–Trinajstić information content (AvgIpc) is 3.45. The molecular weight excluding hydrogens is 382 g/mol. The fourth-order valence-electron chi connectivity index (χ4n) is 3.81. The fraction of sp³-hybridized carbons (Fsp3) is 0.476. The van der Waals surface area contributed by atoms with Crippen LogP contribution in [0.4, 0.5) is 0 Å². The number of carbonyl (C=O) groups excluding carboxylic acids is 1. The van der Waals surface area contributed by atoms with Crippen LogP contribution >= 0.6 is 0 Å². The molecule has 1 atom stereocenters. The molecule has 1 aromatic carbocycles. The Balaban J connectivity index is 1.27. The molecule has 9 nitrogen and oxygen atoms in total. The third-order valence-corrected chi connectivity index (χ3v) is 5.80. The number of aromatic nitrogens is 5. The van der Waals surface area contributed by atoms with Gasteiger partial charge < -0.3 is 9.42 Å². The molecule has 1 aliphatic heterocycles. The number of nitrogens with zero attached hydrogens (tertiary/aromatic N) is 7. The summed E-state index contributed by atoms with van der Waals surface area (Å²) in [5.74, 6) is 0.902. The lowest BCUT2D eigenvalue weighted by atomic mass is 10.00. The van der Waals surface area contributed by atoms with Gasteiger partial charge in [-0.2, -0.15) is 0 Å². The second-order valence-electron chi connectivity index (χ2n) is 7.76. The highest BCUT2D eigenvalue weighted by atomic mass is 16.5. The molecule has 3 heterocycles. The lowest BCUT2D eigenvalue weighted by molar-refractivity contribution is -0.132. The summed E-state index contributed by atoms with van der Waals surface area (Å²) in [6.45, 7) is 5.16. The molecular formula is C21H27N7O2. The highest BCUT2D eigenvalue weighted by molar-refractivity contribution is 5.76. The Bertz CT molecular complexity index is 969. The molecule has 0 saturated heterocycles. The summed E-state index contributed by atoms with van der Waals surface area (Å²) < 4.78 is 6.69. The molecule has 30 heavy (non-hydrogen) atoms. The zero-order chi connectivity index (χ0) is 20.9. The Morgan fingerprint density at radius 2 is 2.10 bits per heavy atom. The fourth-order valence-corrected chi connectivity index (χ4v) is 3.81. The topological polar surface area (TPSA) is 93.2 Å². The molecule has 1 amide bonds. The van der Waals surface area contributed by atoms with Gasteiger partial charge in [-0.15, -0.1) is 5.10 Å². The SMILES string of the molecule is CC(c1ccon1)N(C)C(=O)CCCn1nnnc1CN1CCc2ccccc2C1. The lowest BCUT2D eigenvalue weighted by Gasteiger charge is -2.28. The predicted molar refractivity (Wildman–Crippen MR) is 109 cm³/mol. The van der Waals surface area contributed by atoms with E-state index in [9.17, 15) is 4.79 Å². The van der Waals surface area contributed by atoms with Gasteiger partial charge >= 0.3 is 0 Å². The maximum atomic E-state index is 12.5. The number of rotatable bonds is 8. The summed E-state index contributed by atoms with van der Waals surface area (Å²) in [6.07, 6.45) is 3.66. The number of aryl methyl sites for hydroxylation is 1. The van der Waals surface area contributed by atoms with Gasteiger partial charge in [0.25, 0.3) is 0 Å². The van der Waals surface area contributed by atoms with Crippen molar-refractivity contribution in [3.8, 4) is 0 Å². The first-order valence-corrected chi connectivity index (χ1v) is 10.3. The van der Waals surface area contributed by atoms with E-state index >= 15 is 0 Å². The van der Waals surface area contributed by atoms with Gasteiger partial charge in [0.2, 0.25) is 5.91 Å². The zero-order valence-electron chi connectivity index (χ0n) is 17.4. The normalized spacial score (nSPS) is 15.0. The molecule has 4 rings (SSSR count). The standard InChI is InChI=1S/C21H27N7O2/c1-16(19-10-13-30-23-19)26(2)21(29)8-5-11-28-20(22-24-25-28)15-27-12-9-17-6-3-4-7-18(17)14-27/h3-4,6-7,10,13,16H,5,8-9,11-12,14-15H2,1-2H3. The van der Waals surface area contributed by atoms with Crippen molar-refractivity contribution in [3.05, 3.63) is 59.2 Å². The van der Waals surface area contributed by atoms with Crippen LogP contribution in [0.25, 0.3) is 0 Å². The Morgan fingerprint density at radius 3 is 2.90 bits per heavy atom. The van der Waals surface area contributed by atoms with Gasteiger partial charge in [-0.1, -0.05) is 29.4 Å². The van der Waals surface area contributed by atoms with Crippen LogP contribution in [0.2, 0.25) is 0 Å². The van der Waals surface area contributed by atoms with Gasteiger partial charge in [-0.05, 0) is 41.3 Å². The minimum Gasteiger partial charge on any atom is -0.364 e. The second-order valence-corrected chi connectivity index (χ2v) is 7.76. The molecule has 0 aliphatic carbocycles. The predicted octanol–water partition coefficient (Wildman–Crippen LogP) is 2.22. The monoisotopic (exact) mass is 409 g/mol. The van der Waals surface area contributed by atoms with Gasteiger partial charge in [-0.3, -0.25) is 9.69 Å². The third kappa shape index (κ3) is 4.56. The third-order valence-electron chi connectivity index (χ3n) is 5.80. The van der Waals surface area contributed by atoms with Crippen molar-refractivity contribution in [1.29, 1.82) is 0 Å². The van der Waals surface area contributed by atoms with Crippen molar-refractivity contribution in [3.63, 3.8) is 0 Å². The number of benzene rings is 1. The molecule has 0 radical (unpaired) electrons. The Hall–Kier alpha value is -3.07. The average molecular weight is 409 g/mol. The number of tetrazole rings is 1. The van der Waals surface area contributed by atoms with Crippen molar-refractivity contribution < 1.29 is 9.32 Å². The van der Waals surface area contributed by atoms with Crippen LogP contribution in [0.1, 0.15) is 48.5 Å². The summed E-state index contributed by atoms with van der Waals surface area (Å²) >= 11 is 0. The molecule has 0 fully saturated rings. The van der Waals surface area contributed by atoms with Crippen LogP contribution in [0.15, 0.2) is 41.1 Å². The van der Waals surface area contributed by atoms with Gasteiger partial charge in [0.05, 0.1) is 12.6 Å². The van der Waals surface area contributed by atoms with E-state index in [0.717, 1.165) is 31.0 Å². The first kappa shape index (κ1) is 20.2. The summed E-state index contributed by atoms with van der Waals surface area (Å²) in [5, 5.41) is 16.1. The van der Waals surface area contributed by atoms with Crippen LogP contribution in [0.3, 0.4) is 0 Å². The van der Waals surface area contributed by atoms with Crippen LogP contribution in [0, 0.1) is 0 Å². The van der Waals surface area contributed by atoms with E-state index in [4.69, 9.17) is 4.52 Å². The van der Waals surface area contributed by atoms with Crippen molar-refractivity contribution in [2.75, 3.05) is 13.6 Å². The van der Waals surface area contributed by atoms with Crippen LogP contribution in [-0.2, 0) is 30.8 Å². The maximum Gasteiger partial charge on any atom is 0.222 e. The second kappa shape index (κ2) is 9.17. The molecule has 0 bridgehead atoms. The first-order chi connectivity index (χ1) is 14.6. The Kier molecular flexibility index (Phi) is 6.18. The Labute approximate surface area is 175 Å². The highest BCUT2D eigenvalue weighted by Gasteiger charge is 2.21. The minimum atomic E-state index is -0.123. The van der Waals surface area contributed by atoms with Crippen molar-refractivity contribution in [2.45, 2.75) is 51.9 Å². The lowest BCUT2D eigenvalue weighted by Crippen LogP contribution is -2.31. The highest BCUT2D eigenvalue weighted by Crippen LogP contribution is 2.20. The van der Waals surface area contributed by atoms with E-state index in [-0.39, 0.29) is 11.9 Å². The quantitative estimate of drug-likeness (QED) is 0.563. The van der Waals surface area contributed by atoms with Gasteiger partial charge in [0.15, 0.2) is 5.82 Å². The number of carbonyl (C=O) groups is 1. The number of hydrogen-bond donors (Lipinski definition) is 0. The number of amides is 1. The molecule has 0 N–H and O–H groups in total. The smallest absolute Gasteiger partial charge is 0.222 e.